The van der Waals surface area contributed by atoms with Crippen LogP contribution in [0.3, 0.4) is 0 Å². The van der Waals surface area contributed by atoms with Gasteiger partial charge in [0.1, 0.15) is 5.82 Å². The summed E-state index contributed by atoms with van der Waals surface area (Å²) in [6.07, 6.45) is -1.14. The summed E-state index contributed by atoms with van der Waals surface area (Å²) in [6, 6.07) is 10.3. The Kier molecular flexibility index (Phi) is 6.06. The smallest absolute Gasteiger partial charge is 0.338 e. The van der Waals surface area contributed by atoms with Gasteiger partial charge in [-0.3, -0.25) is 4.79 Å². The minimum atomic E-state index is -3.71. The van der Waals surface area contributed by atoms with Crippen molar-refractivity contribution in [2.45, 2.75) is 17.9 Å². The third kappa shape index (κ3) is 4.87. The van der Waals surface area contributed by atoms with Gasteiger partial charge in [0.25, 0.3) is 5.91 Å². The van der Waals surface area contributed by atoms with Crippen LogP contribution in [0.2, 0.25) is 0 Å². The Morgan fingerprint density at radius 2 is 1.77 bits per heavy atom. The standard InChI is InChI=1S/C17H17FN2O5S/c1-11(16(21)20-14-8-6-13(18)7-9-14)25-17(22)12-4-3-5-15(10-12)26(23,24)19-2/h3-11,19H,1-2H3,(H,20,21)/t11-/m0/s1. The molecule has 0 aliphatic rings. The quantitative estimate of drug-likeness (QED) is 0.746. The minimum absolute atomic E-state index is 0.0113. The van der Waals surface area contributed by atoms with Crippen LogP contribution in [-0.4, -0.2) is 33.4 Å². The van der Waals surface area contributed by atoms with Crippen LogP contribution >= 0.6 is 0 Å². The Balaban J connectivity index is 2.05. The Hall–Kier alpha value is -2.78. The Bertz CT molecular complexity index is 913. The summed E-state index contributed by atoms with van der Waals surface area (Å²) in [5, 5.41) is 2.48. The molecule has 0 aliphatic carbocycles. The second kappa shape index (κ2) is 8.07. The monoisotopic (exact) mass is 380 g/mol. The highest BCUT2D eigenvalue weighted by atomic mass is 32.2. The van der Waals surface area contributed by atoms with Crippen LogP contribution in [0.25, 0.3) is 0 Å². The van der Waals surface area contributed by atoms with Gasteiger partial charge in [-0.25, -0.2) is 22.3 Å². The van der Waals surface area contributed by atoms with E-state index in [2.05, 4.69) is 10.0 Å². The van der Waals surface area contributed by atoms with Gasteiger partial charge in [-0.15, -0.1) is 0 Å². The van der Waals surface area contributed by atoms with Crippen LogP contribution in [0.15, 0.2) is 53.4 Å². The highest BCUT2D eigenvalue weighted by molar-refractivity contribution is 7.89. The number of halogens is 1. The lowest BCUT2D eigenvalue weighted by atomic mass is 10.2. The van der Waals surface area contributed by atoms with Crippen molar-refractivity contribution in [3.8, 4) is 0 Å². The second-order valence-electron chi connectivity index (χ2n) is 5.28. The largest absolute Gasteiger partial charge is 0.449 e. The lowest BCUT2D eigenvalue weighted by molar-refractivity contribution is -0.123. The molecule has 9 heteroatoms. The lowest BCUT2D eigenvalue weighted by Crippen LogP contribution is -2.30. The first kappa shape index (κ1) is 19.5. The number of carbonyl (C=O) groups excluding carboxylic acids is 2. The van der Waals surface area contributed by atoms with E-state index >= 15 is 0 Å². The van der Waals surface area contributed by atoms with E-state index in [1.54, 1.807) is 0 Å². The molecule has 26 heavy (non-hydrogen) atoms. The number of carbonyl (C=O) groups is 2. The first-order valence-electron chi connectivity index (χ1n) is 7.54. The van der Waals surface area contributed by atoms with E-state index in [9.17, 15) is 22.4 Å². The Labute approximate surface area is 150 Å². The molecule has 0 radical (unpaired) electrons. The van der Waals surface area contributed by atoms with Crippen molar-refractivity contribution < 1.29 is 27.1 Å². The van der Waals surface area contributed by atoms with Crippen molar-refractivity contribution in [1.29, 1.82) is 0 Å². The maximum Gasteiger partial charge on any atom is 0.338 e. The number of hydrogen-bond donors (Lipinski definition) is 2. The highest BCUT2D eigenvalue weighted by Gasteiger charge is 2.20. The molecule has 2 rings (SSSR count). The molecular weight excluding hydrogens is 363 g/mol. The minimum Gasteiger partial charge on any atom is -0.449 e. The van der Waals surface area contributed by atoms with Crippen molar-refractivity contribution in [1.82, 2.24) is 4.72 Å². The van der Waals surface area contributed by atoms with Crippen molar-refractivity contribution in [3.63, 3.8) is 0 Å². The van der Waals surface area contributed by atoms with Crippen LogP contribution in [0.4, 0.5) is 10.1 Å². The van der Waals surface area contributed by atoms with E-state index < -0.39 is 33.8 Å². The van der Waals surface area contributed by atoms with Gasteiger partial charge in [0.05, 0.1) is 10.5 Å². The fourth-order valence-electron chi connectivity index (χ4n) is 1.97. The highest BCUT2D eigenvalue weighted by Crippen LogP contribution is 2.14. The lowest BCUT2D eigenvalue weighted by Gasteiger charge is -2.14. The molecule has 2 aromatic carbocycles. The number of rotatable bonds is 6. The van der Waals surface area contributed by atoms with Gasteiger partial charge in [0, 0.05) is 5.69 Å². The molecule has 1 amide bonds. The molecule has 0 unspecified atom stereocenters. The zero-order chi connectivity index (χ0) is 19.3. The molecule has 0 aliphatic heterocycles. The maximum atomic E-state index is 12.9. The third-order valence-corrected chi connectivity index (χ3v) is 4.83. The van der Waals surface area contributed by atoms with Gasteiger partial charge >= 0.3 is 5.97 Å². The molecule has 1 atom stereocenters. The first-order chi connectivity index (χ1) is 12.2. The predicted molar refractivity (Wildman–Crippen MR) is 92.6 cm³/mol. The van der Waals surface area contributed by atoms with Gasteiger partial charge in [-0.2, -0.15) is 0 Å². The van der Waals surface area contributed by atoms with E-state index in [4.69, 9.17) is 4.74 Å². The molecule has 2 N–H and O–H groups in total. The number of ether oxygens (including phenoxy) is 1. The fourth-order valence-corrected chi connectivity index (χ4v) is 2.74. The van der Waals surface area contributed by atoms with E-state index in [1.165, 1.54) is 56.4 Å². The number of amides is 1. The number of hydrogen-bond acceptors (Lipinski definition) is 5. The number of sulfonamides is 1. The van der Waals surface area contributed by atoms with Crippen LogP contribution in [0, 0.1) is 5.82 Å². The predicted octanol–water partition coefficient (Wildman–Crippen LogP) is 1.92. The van der Waals surface area contributed by atoms with Crippen LogP contribution in [0.5, 0.6) is 0 Å². The molecule has 0 heterocycles. The number of esters is 1. The zero-order valence-corrected chi connectivity index (χ0v) is 14.8. The number of anilines is 1. The molecule has 0 fully saturated rings. The average Bonchev–Trinajstić information content (AvgIpc) is 2.63. The summed E-state index contributed by atoms with van der Waals surface area (Å²) in [6.45, 7) is 1.37. The number of benzene rings is 2. The van der Waals surface area contributed by atoms with Gasteiger partial charge in [0.15, 0.2) is 6.10 Å². The average molecular weight is 380 g/mol. The molecule has 0 bridgehead atoms. The van der Waals surface area contributed by atoms with Gasteiger partial charge < -0.3 is 10.1 Å². The van der Waals surface area contributed by atoms with E-state index in [0.29, 0.717) is 5.69 Å². The summed E-state index contributed by atoms with van der Waals surface area (Å²) >= 11 is 0. The van der Waals surface area contributed by atoms with Crippen LogP contribution in [0.1, 0.15) is 17.3 Å². The third-order valence-electron chi connectivity index (χ3n) is 3.41. The van der Waals surface area contributed by atoms with Gasteiger partial charge in [-0.1, -0.05) is 6.07 Å². The summed E-state index contributed by atoms with van der Waals surface area (Å²) in [5.41, 5.74) is 0.337. The van der Waals surface area contributed by atoms with Crippen molar-refractivity contribution in [3.05, 3.63) is 59.9 Å². The second-order valence-corrected chi connectivity index (χ2v) is 7.17. The Morgan fingerprint density at radius 1 is 1.12 bits per heavy atom. The van der Waals surface area contributed by atoms with Gasteiger partial charge in [0.2, 0.25) is 10.0 Å². The van der Waals surface area contributed by atoms with Crippen molar-refractivity contribution in [2.24, 2.45) is 0 Å². The molecule has 2 aromatic rings. The SMILES string of the molecule is CNS(=O)(=O)c1cccc(C(=O)O[C@@H](C)C(=O)Nc2ccc(F)cc2)c1. The molecule has 0 saturated carbocycles. The maximum absolute atomic E-state index is 12.9. The first-order valence-corrected chi connectivity index (χ1v) is 9.02. The normalized spacial score (nSPS) is 12.3. The van der Waals surface area contributed by atoms with E-state index in [0.717, 1.165) is 6.07 Å². The van der Waals surface area contributed by atoms with Crippen molar-refractivity contribution >= 4 is 27.6 Å². The molecular formula is C17H17FN2O5S. The molecule has 7 nitrogen and oxygen atoms in total. The van der Waals surface area contributed by atoms with Crippen LogP contribution in [-0.2, 0) is 19.6 Å². The summed E-state index contributed by atoms with van der Waals surface area (Å²) in [5.74, 6) is -1.90. The van der Waals surface area contributed by atoms with Crippen LogP contribution < -0.4 is 10.0 Å². The molecule has 138 valence electrons. The van der Waals surface area contributed by atoms with E-state index in [1.807, 2.05) is 0 Å². The molecule has 0 aromatic heterocycles. The summed E-state index contributed by atoms with van der Waals surface area (Å²) < 4.78 is 43.6. The van der Waals surface area contributed by atoms with Crippen molar-refractivity contribution in [2.75, 3.05) is 12.4 Å². The Morgan fingerprint density at radius 3 is 2.38 bits per heavy atom. The summed E-state index contributed by atoms with van der Waals surface area (Å²) in [7, 11) is -2.46. The van der Waals surface area contributed by atoms with E-state index in [-0.39, 0.29) is 10.5 Å². The number of nitrogens with one attached hydrogen (secondary N) is 2. The topological polar surface area (TPSA) is 102 Å². The molecule has 0 spiro atoms. The molecule has 0 saturated heterocycles. The van der Waals surface area contributed by atoms with Gasteiger partial charge in [-0.05, 0) is 56.4 Å². The zero-order valence-electron chi connectivity index (χ0n) is 14.0. The fraction of sp³-hybridized carbons (Fsp3) is 0.176. The summed E-state index contributed by atoms with van der Waals surface area (Å²) in [4.78, 5) is 24.1.